The quantitative estimate of drug-likeness (QED) is 0.786. The van der Waals surface area contributed by atoms with Crippen LogP contribution in [0.15, 0.2) is 0 Å². The van der Waals surface area contributed by atoms with Gasteiger partial charge in [-0.1, -0.05) is 6.92 Å². The van der Waals surface area contributed by atoms with Crippen LogP contribution in [0.1, 0.15) is 33.1 Å². The van der Waals surface area contributed by atoms with Gasteiger partial charge in [-0.2, -0.15) is 0 Å². The zero-order chi connectivity index (χ0) is 16.1. The molecule has 0 saturated carbocycles. The lowest BCUT2D eigenvalue weighted by molar-refractivity contribution is -0.135. The van der Waals surface area contributed by atoms with E-state index in [0.717, 1.165) is 58.7 Å². The van der Waals surface area contributed by atoms with Crippen LogP contribution in [0, 0.1) is 5.92 Å². The Morgan fingerprint density at radius 1 is 1.00 bits per heavy atom. The molecule has 8 heteroatoms. The van der Waals surface area contributed by atoms with Crippen molar-refractivity contribution < 1.29 is 9.59 Å². The highest BCUT2D eigenvalue weighted by Gasteiger charge is 2.28. The van der Waals surface area contributed by atoms with Crippen molar-refractivity contribution in [3.8, 4) is 0 Å². The molecule has 2 heterocycles. The van der Waals surface area contributed by atoms with Gasteiger partial charge in [0.25, 0.3) is 0 Å². The van der Waals surface area contributed by atoms with Gasteiger partial charge in [-0.25, -0.2) is 0 Å². The van der Waals surface area contributed by atoms with Crippen LogP contribution in [0.3, 0.4) is 0 Å². The van der Waals surface area contributed by atoms with E-state index in [-0.39, 0.29) is 36.6 Å². The summed E-state index contributed by atoms with van der Waals surface area (Å²) in [5.74, 6) is 0.724. The molecule has 2 amide bonds. The zero-order valence-electron chi connectivity index (χ0n) is 14.8. The molecule has 2 N–H and O–H groups in total. The van der Waals surface area contributed by atoms with Crippen LogP contribution in [0.25, 0.3) is 0 Å². The number of hydrogen-bond donors (Lipinski definition) is 1. The molecule has 0 aromatic carbocycles. The molecule has 0 bridgehead atoms. The third-order valence-electron chi connectivity index (χ3n) is 4.95. The fraction of sp³-hybridized carbons (Fsp3) is 0.875. The highest BCUT2D eigenvalue weighted by Crippen LogP contribution is 2.22. The maximum Gasteiger partial charge on any atom is 0.239 e. The van der Waals surface area contributed by atoms with Crippen molar-refractivity contribution in [2.75, 3.05) is 45.8 Å². The second-order valence-electron chi connectivity index (χ2n) is 6.58. The Morgan fingerprint density at radius 2 is 1.54 bits per heavy atom. The Morgan fingerprint density at radius 3 is 2.00 bits per heavy atom. The average molecular weight is 383 g/mol. The van der Waals surface area contributed by atoms with Crippen LogP contribution in [-0.4, -0.2) is 78.4 Å². The molecule has 0 aromatic rings. The van der Waals surface area contributed by atoms with E-state index in [4.69, 9.17) is 5.73 Å². The summed E-state index contributed by atoms with van der Waals surface area (Å²) in [6.07, 6.45) is 2.46. The van der Waals surface area contributed by atoms with Crippen molar-refractivity contribution in [1.82, 2.24) is 14.7 Å². The number of piperidine rings is 1. The molecular formula is C16H32Cl2N4O2. The molecule has 2 fully saturated rings. The second-order valence-corrected chi connectivity index (χ2v) is 6.58. The van der Waals surface area contributed by atoms with Gasteiger partial charge in [-0.05, 0) is 32.2 Å². The molecule has 2 aliphatic heterocycles. The fourth-order valence-electron chi connectivity index (χ4n) is 3.34. The number of hydrogen-bond acceptors (Lipinski definition) is 4. The van der Waals surface area contributed by atoms with E-state index < -0.39 is 6.04 Å². The first-order valence-corrected chi connectivity index (χ1v) is 8.55. The van der Waals surface area contributed by atoms with Gasteiger partial charge < -0.3 is 20.4 Å². The predicted octanol–water partition coefficient (Wildman–Crippen LogP) is 0.970. The topological polar surface area (TPSA) is 69.9 Å². The van der Waals surface area contributed by atoms with Gasteiger partial charge in [0.2, 0.25) is 11.8 Å². The van der Waals surface area contributed by atoms with E-state index >= 15 is 0 Å². The zero-order valence-corrected chi connectivity index (χ0v) is 16.4. The van der Waals surface area contributed by atoms with Crippen molar-refractivity contribution in [1.29, 1.82) is 0 Å². The maximum absolute atomic E-state index is 12.4. The summed E-state index contributed by atoms with van der Waals surface area (Å²) in [5.41, 5.74) is 5.65. The smallest absolute Gasteiger partial charge is 0.239 e. The summed E-state index contributed by atoms with van der Waals surface area (Å²) in [4.78, 5) is 30.5. The number of nitrogens with zero attached hydrogens (tertiary/aromatic N) is 3. The number of carbonyl (C=O) groups is 2. The van der Waals surface area contributed by atoms with Crippen LogP contribution in [-0.2, 0) is 9.59 Å². The van der Waals surface area contributed by atoms with Crippen LogP contribution >= 0.6 is 24.8 Å². The lowest BCUT2D eigenvalue weighted by Gasteiger charge is -2.36. The summed E-state index contributed by atoms with van der Waals surface area (Å²) in [6.45, 7) is 10.1. The Balaban J connectivity index is 0.00000264. The lowest BCUT2D eigenvalue weighted by Crippen LogP contribution is -2.49. The molecule has 142 valence electrons. The number of rotatable bonds is 4. The monoisotopic (exact) mass is 382 g/mol. The molecule has 2 rings (SSSR count). The third kappa shape index (κ3) is 6.39. The molecule has 0 spiro atoms. The molecule has 0 unspecified atom stereocenters. The van der Waals surface area contributed by atoms with Crippen molar-refractivity contribution in [3.05, 3.63) is 0 Å². The summed E-state index contributed by atoms with van der Waals surface area (Å²) in [5, 5.41) is 0. The van der Waals surface area contributed by atoms with Crippen LogP contribution in [0.4, 0.5) is 0 Å². The lowest BCUT2D eigenvalue weighted by atomic mass is 9.92. The molecule has 6 nitrogen and oxygen atoms in total. The minimum absolute atomic E-state index is 0. The van der Waals surface area contributed by atoms with Gasteiger partial charge >= 0.3 is 0 Å². The number of amides is 2. The Labute approximate surface area is 157 Å². The summed E-state index contributed by atoms with van der Waals surface area (Å²) >= 11 is 0. The Kier molecular flexibility index (Phi) is 10.9. The van der Waals surface area contributed by atoms with E-state index in [1.165, 1.54) is 0 Å². The summed E-state index contributed by atoms with van der Waals surface area (Å²) in [7, 11) is 0. The number of likely N-dealkylation sites (tertiary alicyclic amines) is 1. The van der Waals surface area contributed by atoms with Gasteiger partial charge in [0.15, 0.2) is 0 Å². The molecular weight excluding hydrogens is 351 g/mol. The number of carbonyl (C=O) groups excluding carboxylic acids is 2. The standard InChI is InChI=1S/C16H30N4O2.2ClH/c1-3-18-8-10-19(11-9-18)15(21)12-14-4-6-20(7-5-14)16(22)13(2)17;;/h13-14H,3-12,17H2,1-2H3;2*1H/t13-;;/m1../s1. The number of halogens is 2. The largest absolute Gasteiger partial charge is 0.341 e. The van der Waals surface area contributed by atoms with E-state index in [0.29, 0.717) is 12.3 Å². The van der Waals surface area contributed by atoms with Gasteiger partial charge in [0, 0.05) is 45.7 Å². The highest BCUT2D eigenvalue weighted by molar-refractivity contribution is 5.85. The predicted molar refractivity (Wildman–Crippen MR) is 101 cm³/mol. The maximum atomic E-state index is 12.4. The van der Waals surface area contributed by atoms with Gasteiger partial charge in [-0.15, -0.1) is 24.8 Å². The molecule has 24 heavy (non-hydrogen) atoms. The first-order chi connectivity index (χ1) is 10.5. The minimum Gasteiger partial charge on any atom is -0.341 e. The fourth-order valence-corrected chi connectivity index (χ4v) is 3.34. The van der Waals surface area contributed by atoms with Crippen molar-refractivity contribution in [3.63, 3.8) is 0 Å². The summed E-state index contributed by atoms with van der Waals surface area (Å²) < 4.78 is 0. The Bertz CT molecular complexity index is 394. The van der Waals surface area contributed by atoms with Gasteiger partial charge in [0.1, 0.15) is 0 Å². The molecule has 1 atom stereocenters. The number of likely N-dealkylation sites (N-methyl/N-ethyl adjacent to an activating group) is 1. The third-order valence-corrected chi connectivity index (χ3v) is 4.95. The SMILES string of the molecule is CCN1CCN(C(=O)CC2CCN(C(=O)[C@@H](C)N)CC2)CC1.Cl.Cl. The van der Waals surface area contributed by atoms with E-state index in [1.54, 1.807) is 6.92 Å². The van der Waals surface area contributed by atoms with E-state index in [9.17, 15) is 9.59 Å². The minimum atomic E-state index is -0.423. The van der Waals surface area contributed by atoms with Crippen LogP contribution in [0.5, 0.6) is 0 Å². The van der Waals surface area contributed by atoms with E-state index in [2.05, 4.69) is 11.8 Å². The molecule has 2 saturated heterocycles. The van der Waals surface area contributed by atoms with Crippen LogP contribution in [0.2, 0.25) is 0 Å². The average Bonchev–Trinajstić information content (AvgIpc) is 2.54. The molecule has 2 aliphatic rings. The van der Waals surface area contributed by atoms with Crippen molar-refractivity contribution >= 4 is 36.6 Å². The molecule has 0 radical (unpaired) electrons. The van der Waals surface area contributed by atoms with Crippen molar-refractivity contribution in [2.24, 2.45) is 11.7 Å². The number of piperazine rings is 1. The first kappa shape index (κ1) is 23.4. The Hall–Kier alpha value is -0.560. The summed E-state index contributed by atoms with van der Waals surface area (Å²) in [6, 6.07) is -0.423. The van der Waals surface area contributed by atoms with Crippen LogP contribution < -0.4 is 5.73 Å². The van der Waals surface area contributed by atoms with Gasteiger partial charge in [-0.3, -0.25) is 9.59 Å². The second kappa shape index (κ2) is 11.1. The van der Waals surface area contributed by atoms with Gasteiger partial charge in [0.05, 0.1) is 6.04 Å². The van der Waals surface area contributed by atoms with Crippen molar-refractivity contribution in [2.45, 2.75) is 39.2 Å². The molecule has 0 aliphatic carbocycles. The first-order valence-electron chi connectivity index (χ1n) is 8.55. The highest BCUT2D eigenvalue weighted by atomic mass is 35.5. The number of nitrogens with two attached hydrogens (primary N) is 1. The molecule has 0 aromatic heterocycles. The van der Waals surface area contributed by atoms with E-state index in [1.807, 2.05) is 9.80 Å². The normalized spacial score (nSPS) is 20.8.